The predicted molar refractivity (Wildman–Crippen MR) is 112 cm³/mol. The third kappa shape index (κ3) is 6.28. The molecule has 0 saturated carbocycles. The summed E-state index contributed by atoms with van der Waals surface area (Å²) < 4.78 is 45.2. The zero-order valence-corrected chi connectivity index (χ0v) is 17.8. The van der Waals surface area contributed by atoms with Crippen molar-refractivity contribution in [2.24, 2.45) is 0 Å². The molecule has 0 saturated heterocycles. The minimum absolute atomic E-state index is 0.0788. The maximum absolute atomic E-state index is 14.8. The second-order valence-corrected chi connectivity index (χ2v) is 7.61. The molecule has 0 atom stereocenters. The van der Waals surface area contributed by atoms with Crippen molar-refractivity contribution < 1.29 is 22.7 Å². The Bertz CT molecular complexity index is 993. The van der Waals surface area contributed by atoms with E-state index in [-0.39, 0.29) is 27.6 Å². The van der Waals surface area contributed by atoms with Crippen LogP contribution >= 0.6 is 11.3 Å². The molecule has 0 radical (unpaired) electrons. The number of aryl methyl sites for hydroxylation is 1. The van der Waals surface area contributed by atoms with Crippen molar-refractivity contribution in [3.63, 3.8) is 0 Å². The van der Waals surface area contributed by atoms with Crippen LogP contribution < -0.4 is 10.1 Å². The third-order valence-electron chi connectivity index (χ3n) is 3.70. The Morgan fingerprint density at radius 2 is 2.03 bits per heavy atom. The van der Waals surface area contributed by atoms with Crippen LogP contribution in [0.4, 0.5) is 18.3 Å². The summed E-state index contributed by atoms with van der Waals surface area (Å²) >= 11 is 1.18. The lowest BCUT2D eigenvalue weighted by Crippen LogP contribution is -2.15. The van der Waals surface area contributed by atoms with Crippen molar-refractivity contribution in [1.82, 2.24) is 10.2 Å². The molecule has 0 aliphatic heterocycles. The number of carbonyl (C=O) groups is 1. The molecule has 0 spiro atoms. The number of halogens is 3. The van der Waals surface area contributed by atoms with Crippen LogP contribution in [0.5, 0.6) is 5.75 Å². The molecular weight excluding hydrogens is 415 g/mol. The monoisotopic (exact) mass is 437 g/mol. The number of alkyl halides is 2. The number of hydrogen-bond acceptors (Lipinski definition) is 5. The molecule has 5 nitrogen and oxygen atoms in total. The third-order valence-corrected chi connectivity index (χ3v) is 4.45. The van der Waals surface area contributed by atoms with Crippen LogP contribution in [-0.4, -0.2) is 22.7 Å². The van der Waals surface area contributed by atoms with Gasteiger partial charge >= 0.3 is 6.61 Å². The average molecular weight is 437 g/mol. The highest BCUT2D eigenvalue weighted by molar-refractivity contribution is 7.15. The minimum Gasteiger partial charge on any atom is -0.434 e. The van der Waals surface area contributed by atoms with Crippen LogP contribution in [0.25, 0.3) is 5.57 Å². The molecule has 0 bridgehead atoms. The van der Waals surface area contributed by atoms with Gasteiger partial charge in [0.2, 0.25) is 5.13 Å². The number of amides is 1. The minimum atomic E-state index is -3.15. The quantitative estimate of drug-likeness (QED) is 0.412. The fourth-order valence-corrected chi connectivity index (χ4v) is 3.16. The SMILES string of the molecule is CC/C=C/C(C(=O)Nc1nnc(C)s1)=C(\C=C(C)C)c1c(F)cccc1OC(F)F. The van der Waals surface area contributed by atoms with Gasteiger partial charge in [0.05, 0.1) is 5.56 Å². The first kappa shape index (κ1) is 23.3. The van der Waals surface area contributed by atoms with Gasteiger partial charge in [-0.2, -0.15) is 8.78 Å². The van der Waals surface area contributed by atoms with Crippen LogP contribution in [0, 0.1) is 12.7 Å². The summed E-state index contributed by atoms with van der Waals surface area (Å²) in [6.07, 6.45) is 5.40. The molecule has 1 heterocycles. The number of benzene rings is 1. The van der Waals surface area contributed by atoms with Gasteiger partial charge in [0.15, 0.2) is 0 Å². The molecule has 2 rings (SSSR count). The van der Waals surface area contributed by atoms with E-state index in [1.807, 2.05) is 6.92 Å². The fraction of sp³-hybridized carbons (Fsp3) is 0.286. The summed E-state index contributed by atoms with van der Waals surface area (Å²) in [6, 6.07) is 3.62. The van der Waals surface area contributed by atoms with E-state index in [9.17, 15) is 18.0 Å². The van der Waals surface area contributed by atoms with Crippen LogP contribution in [0.2, 0.25) is 0 Å². The van der Waals surface area contributed by atoms with Crippen molar-refractivity contribution in [1.29, 1.82) is 0 Å². The van der Waals surface area contributed by atoms with Gasteiger partial charge in [-0.15, -0.1) is 10.2 Å². The number of carbonyl (C=O) groups excluding carboxylic acids is 1. The van der Waals surface area contributed by atoms with E-state index >= 15 is 0 Å². The van der Waals surface area contributed by atoms with E-state index < -0.39 is 18.3 Å². The second-order valence-electron chi connectivity index (χ2n) is 6.43. The van der Waals surface area contributed by atoms with Gasteiger partial charge in [-0.25, -0.2) is 4.39 Å². The number of rotatable bonds is 8. The van der Waals surface area contributed by atoms with Crippen molar-refractivity contribution in [3.8, 4) is 5.75 Å². The maximum Gasteiger partial charge on any atom is 0.387 e. The first-order valence-electron chi connectivity index (χ1n) is 9.13. The Kier molecular flexibility index (Phi) is 8.35. The first-order valence-corrected chi connectivity index (χ1v) is 9.95. The zero-order chi connectivity index (χ0) is 22.3. The summed E-state index contributed by atoms with van der Waals surface area (Å²) in [5, 5.41) is 11.3. The largest absolute Gasteiger partial charge is 0.434 e. The van der Waals surface area contributed by atoms with Gasteiger partial charge in [0, 0.05) is 11.1 Å². The first-order chi connectivity index (χ1) is 14.2. The summed E-state index contributed by atoms with van der Waals surface area (Å²) in [4.78, 5) is 13.0. The molecule has 1 N–H and O–H groups in total. The Hall–Kier alpha value is -2.94. The highest BCUT2D eigenvalue weighted by atomic mass is 32.1. The summed E-state index contributed by atoms with van der Waals surface area (Å²) in [6.45, 7) is 3.97. The normalized spacial score (nSPS) is 12.1. The standard InChI is InChI=1S/C21H22F3N3O2S/c1-5-6-8-14(19(28)25-21-27-26-13(4)30-21)15(11-12(2)3)18-16(22)9-7-10-17(18)29-20(23)24/h6-11,20H,5H2,1-4H3,(H,25,27,28)/b8-6+,15-14-. The molecule has 1 amide bonds. The van der Waals surface area contributed by atoms with Crippen molar-refractivity contribution in [2.45, 2.75) is 40.7 Å². The molecule has 0 aliphatic carbocycles. The van der Waals surface area contributed by atoms with E-state index in [0.717, 1.165) is 11.6 Å². The molecule has 0 fully saturated rings. The van der Waals surface area contributed by atoms with Crippen molar-refractivity contribution in [3.05, 3.63) is 64.0 Å². The van der Waals surface area contributed by atoms with Crippen molar-refractivity contribution in [2.75, 3.05) is 5.32 Å². The second kappa shape index (κ2) is 10.7. The summed E-state index contributed by atoms with van der Waals surface area (Å²) in [7, 11) is 0. The van der Waals surface area contributed by atoms with E-state index in [2.05, 4.69) is 20.3 Å². The lowest BCUT2D eigenvalue weighted by molar-refractivity contribution is -0.112. The van der Waals surface area contributed by atoms with Gasteiger partial charge in [-0.05, 0) is 39.3 Å². The number of hydrogen-bond donors (Lipinski definition) is 1. The lowest BCUT2D eigenvalue weighted by atomic mass is 9.95. The van der Waals surface area contributed by atoms with Crippen molar-refractivity contribution >= 4 is 27.9 Å². The molecule has 2 aromatic rings. The maximum atomic E-state index is 14.8. The fourth-order valence-electron chi connectivity index (χ4n) is 2.57. The predicted octanol–water partition coefficient (Wildman–Crippen LogP) is 5.91. The zero-order valence-electron chi connectivity index (χ0n) is 17.0. The number of allylic oxidation sites excluding steroid dienone is 4. The lowest BCUT2D eigenvalue weighted by Gasteiger charge is -2.16. The number of ether oxygens (including phenoxy) is 1. The highest BCUT2D eigenvalue weighted by Gasteiger charge is 2.22. The highest BCUT2D eigenvalue weighted by Crippen LogP contribution is 2.34. The Morgan fingerprint density at radius 3 is 2.60 bits per heavy atom. The summed E-state index contributed by atoms with van der Waals surface area (Å²) in [5.41, 5.74) is 0.707. The number of nitrogens with zero attached hydrogens (tertiary/aromatic N) is 2. The smallest absolute Gasteiger partial charge is 0.387 e. The number of nitrogens with one attached hydrogen (secondary N) is 1. The molecule has 160 valence electrons. The van der Waals surface area contributed by atoms with Gasteiger partial charge < -0.3 is 4.74 Å². The van der Waals surface area contributed by atoms with E-state index in [4.69, 9.17) is 0 Å². The summed E-state index contributed by atoms with van der Waals surface area (Å²) in [5.74, 6) is -1.73. The van der Waals surface area contributed by atoms with Crippen LogP contribution in [0.1, 0.15) is 37.8 Å². The molecular formula is C21H22F3N3O2S. The molecule has 30 heavy (non-hydrogen) atoms. The van der Waals surface area contributed by atoms with E-state index in [1.54, 1.807) is 32.9 Å². The van der Waals surface area contributed by atoms with Gasteiger partial charge in [-0.1, -0.05) is 48.1 Å². The molecule has 0 unspecified atom stereocenters. The topological polar surface area (TPSA) is 64.1 Å². The molecule has 1 aromatic heterocycles. The van der Waals surface area contributed by atoms with Crippen LogP contribution in [0.15, 0.2) is 47.6 Å². The van der Waals surface area contributed by atoms with E-state index in [0.29, 0.717) is 11.4 Å². The molecule has 0 aliphatic rings. The van der Waals surface area contributed by atoms with Gasteiger partial charge in [-0.3, -0.25) is 10.1 Å². The van der Waals surface area contributed by atoms with E-state index in [1.165, 1.54) is 29.5 Å². The average Bonchev–Trinajstić information content (AvgIpc) is 3.05. The Balaban J connectivity index is 2.73. The van der Waals surface area contributed by atoms with Crippen LogP contribution in [0.3, 0.4) is 0 Å². The Labute approximate surface area is 177 Å². The van der Waals surface area contributed by atoms with Crippen LogP contribution in [-0.2, 0) is 4.79 Å². The van der Waals surface area contributed by atoms with Gasteiger partial charge in [0.25, 0.3) is 5.91 Å². The molecule has 1 aromatic carbocycles. The number of aromatic nitrogens is 2. The van der Waals surface area contributed by atoms with Gasteiger partial charge in [0.1, 0.15) is 16.6 Å². The molecule has 9 heteroatoms. The number of anilines is 1. The Morgan fingerprint density at radius 1 is 1.30 bits per heavy atom.